The second-order valence-electron chi connectivity index (χ2n) is 4.88. The zero-order chi connectivity index (χ0) is 15.0. The smallest absolute Gasteiger partial charge is 0.260 e. The number of thiazole rings is 1. The van der Waals surface area contributed by atoms with Gasteiger partial charge < -0.3 is 10.6 Å². The third-order valence-corrected chi connectivity index (χ3v) is 3.97. The molecule has 3 aromatic rings. The van der Waals surface area contributed by atoms with Crippen molar-refractivity contribution in [2.45, 2.75) is 13.5 Å². The lowest BCUT2D eigenvalue weighted by molar-refractivity contribution is 0.846. The van der Waals surface area contributed by atoms with Crippen LogP contribution in [-0.2, 0) is 6.54 Å². The largest absolute Gasteiger partial charge is 0.399 e. The number of nitrogens with one attached hydrogen (secondary N) is 1. The summed E-state index contributed by atoms with van der Waals surface area (Å²) in [5, 5.41) is 3.52. The van der Waals surface area contributed by atoms with Gasteiger partial charge in [0.1, 0.15) is 0 Å². The highest BCUT2D eigenvalue weighted by Crippen LogP contribution is 2.16. The van der Waals surface area contributed by atoms with Gasteiger partial charge in [0.05, 0.1) is 28.1 Å². The lowest BCUT2D eigenvalue weighted by Gasteiger charge is -2.16. The molecule has 0 atom stereocenters. The predicted octanol–water partition coefficient (Wildman–Crippen LogP) is 1.91. The molecule has 108 valence electrons. The molecule has 0 aliphatic heterocycles. The molecule has 7 heteroatoms. The summed E-state index contributed by atoms with van der Waals surface area (Å²) >= 11 is 1.60. The average molecular weight is 301 g/mol. The number of benzene rings is 1. The highest BCUT2D eigenvalue weighted by atomic mass is 32.1. The molecule has 0 unspecified atom stereocenters. The molecule has 0 saturated carbocycles. The monoisotopic (exact) mass is 301 g/mol. The number of anilines is 2. The van der Waals surface area contributed by atoms with Crippen LogP contribution in [0.2, 0.25) is 0 Å². The maximum atomic E-state index is 12.1. The van der Waals surface area contributed by atoms with Gasteiger partial charge >= 0.3 is 0 Å². The molecule has 3 N–H and O–H groups in total. The van der Waals surface area contributed by atoms with E-state index < -0.39 is 0 Å². The molecule has 0 radical (unpaired) electrons. The minimum Gasteiger partial charge on any atom is -0.399 e. The SMILES string of the molecule is Cc1nc(CN(C)c2nc3ccc(N)cc3c(=O)[nH]2)cs1. The van der Waals surface area contributed by atoms with Crippen molar-refractivity contribution in [3.63, 3.8) is 0 Å². The fourth-order valence-corrected chi connectivity index (χ4v) is 2.73. The van der Waals surface area contributed by atoms with Crippen molar-refractivity contribution in [2.24, 2.45) is 0 Å². The molecule has 0 saturated heterocycles. The van der Waals surface area contributed by atoms with Crippen LogP contribution in [-0.4, -0.2) is 22.0 Å². The molecule has 0 spiro atoms. The molecule has 0 bridgehead atoms. The molecule has 1 aromatic carbocycles. The molecule has 0 fully saturated rings. The van der Waals surface area contributed by atoms with E-state index in [1.807, 2.05) is 24.3 Å². The third kappa shape index (κ3) is 2.73. The van der Waals surface area contributed by atoms with Gasteiger partial charge in [-0.2, -0.15) is 0 Å². The van der Waals surface area contributed by atoms with E-state index in [2.05, 4.69) is 15.0 Å². The Kier molecular flexibility index (Phi) is 3.34. The zero-order valence-corrected chi connectivity index (χ0v) is 12.6. The summed E-state index contributed by atoms with van der Waals surface area (Å²) in [6, 6.07) is 5.13. The number of aromatic nitrogens is 3. The summed E-state index contributed by atoms with van der Waals surface area (Å²) in [5.74, 6) is 0.517. The fraction of sp³-hybridized carbons (Fsp3) is 0.214. The first-order valence-corrected chi connectivity index (χ1v) is 7.32. The van der Waals surface area contributed by atoms with Crippen molar-refractivity contribution in [1.29, 1.82) is 0 Å². The molecular formula is C14H15N5OS. The Morgan fingerprint density at radius 2 is 2.19 bits per heavy atom. The Balaban J connectivity index is 1.96. The van der Waals surface area contributed by atoms with Crippen LogP contribution >= 0.6 is 11.3 Å². The minimum atomic E-state index is -0.191. The van der Waals surface area contributed by atoms with E-state index >= 15 is 0 Å². The Hall–Kier alpha value is -2.41. The number of nitrogens with two attached hydrogens (primary N) is 1. The maximum Gasteiger partial charge on any atom is 0.260 e. The van der Waals surface area contributed by atoms with Gasteiger partial charge in [-0.25, -0.2) is 9.97 Å². The van der Waals surface area contributed by atoms with E-state index in [4.69, 9.17) is 5.73 Å². The standard InChI is InChI=1S/C14H15N5OS/c1-8-16-10(7-21-8)6-19(2)14-17-12-4-3-9(15)5-11(12)13(20)18-14/h3-5,7H,6,15H2,1-2H3,(H,17,18,20). The average Bonchev–Trinajstić information content (AvgIpc) is 2.84. The molecule has 0 aliphatic carbocycles. The fourth-order valence-electron chi connectivity index (χ4n) is 2.12. The molecular weight excluding hydrogens is 286 g/mol. The van der Waals surface area contributed by atoms with Crippen LogP contribution in [0.25, 0.3) is 10.9 Å². The van der Waals surface area contributed by atoms with Crippen LogP contribution < -0.4 is 16.2 Å². The number of hydrogen-bond acceptors (Lipinski definition) is 6. The van der Waals surface area contributed by atoms with Gasteiger partial charge in [-0.15, -0.1) is 11.3 Å². The van der Waals surface area contributed by atoms with Crippen LogP contribution in [0.3, 0.4) is 0 Å². The van der Waals surface area contributed by atoms with Gasteiger partial charge in [0.15, 0.2) is 0 Å². The highest BCUT2D eigenvalue weighted by Gasteiger charge is 2.10. The summed E-state index contributed by atoms with van der Waals surface area (Å²) in [6.07, 6.45) is 0. The van der Waals surface area contributed by atoms with Gasteiger partial charge in [-0.3, -0.25) is 9.78 Å². The summed E-state index contributed by atoms with van der Waals surface area (Å²) in [5.41, 5.74) is 7.64. The lowest BCUT2D eigenvalue weighted by atomic mass is 10.2. The van der Waals surface area contributed by atoms with Crippen molar-refractivity contribution in [1.82, 2.24) is 15.0 Å². The topological polar surface area (TPSA) is 87.9 Å². The summed E-state index contributed by atoms with van der Waals surface area (Å²) in [4.78, 5) is 25.7. The number of fused-ring (bicyclic) bond motifs is 1. The number of nitrogens with zero attached hydrogens (tertiary/aromatic N) is 3. The molecule has 6 nitrogen and oxygen atoms in total. The zero-order valence-electron chi connectivity index (χ0n) is 11.8. The van der Waals surface area contributed by atoms with Crippen LogP contribution in [0.5, 0.6) is 0 Å². The number of aryl methyl sites for hydroxylation is 1. The molecule has 3 rings (SSSR count). The second-order valence-corrected chi connectivity index (χ2v) is 5.94. The second kappa shape index (κ2) is 5.17. The van der Waals surface area contributed by atoms with Crippen LogP contribution in [0.15, 0.2) is 28.4 Å². The van der Waals surface area contributed by atoms with E-state index in [1.165, 1.54) is 0 Å². The molecule has 0 aliphatic rings. The Morgan fingerprint density at radius 3 is 2.90 bits per heavy atom. The van der Waals surface area contributed by atoms with Gasteiger partial charge in [0, 0.05) is 18.1 Å². The van der Waals surface area contributed by atoms with E-state index in [0.29, 0.717) is 29.1 Å². The van der Waals surface area contributed by atoms with E-state index in [1.54, 1.807) is 29.5 Å². The van der Waals surface area contributed by atoms with E-state index in [-0.39, 0.29) is 5.56 Å². The van der Waals surface area contributed by atoms with Gasteiger partial charge in [-0.1, -0.05) is 0 Å². The molecule has 2 aromatic heterocycles. The Bertz CT molecular complexity index is 854. The van der Waals surface area contributed by atoms with Crippen LogP contribution in [0, 0.1) is 6.92 Å². The van der Waals surface area contributed by atoms with Gasteiger partial charge in [0.2, 0.25) is 5.95 Å². The predicted molar refractivity (Wildman–Crippen MR) is 85.7 cm³/mol. The normalized spacial score (nSPS) is 11.0. The first-order chi connectivity index (χ1) is 10.0. The van der Waals surface area contributed by atoms with Crippen molar-refractivity contribution in [3.05, 3.63) is 44.6 Å². The third-order valence-electron chi connectivity index (χ3n) is 3.14. The van der Waals surface area contributed by atoms with Crippen LogP contribution in [0.4, 0.5) is 11.6 Å². The van der Waals surface area contributed by atoms with Crippen molar-refractivity contribution in [2.75, 3.05) is 17.7 Å². The quantitative estimate of drug-likeness (QED) is 0.721. The van der Waals surface area contributed by atoms with E-state index in [9.17, 15) is 4.79 Å². The highest BCUT2D eigenvalue weighted by molar-refractivity contribution is 7.09. The first-order valence-electron chi connectivity index (χ1n) is 6.44. The number of aromatic amines is 1. The number of H-pyrrole nitrogens is 1. The number of rotatable bonds is 3. The van der Waals surface area contributed by atoms with Crippen molar-refractivity contribution < 1.29 is 0 Å². The van der Waals surface area contributed by atoms with Crippen molar-refractivity contribution >= 4 is 33.9 Å². The summed E-state index contributed by atoms with van der Waals surface area (Å²) < 4.78 is 0. The number of hydrogen-bond donors (Lipinski definition) is 2. The first kappa shape index (κ1) is 13.6. The molecule has 21 heavy (non-hydrogen) atoms. The Morgan fingerprint density at radius 1 is 1.38 bits per heavy atom. The summed E-state index contributed by atoms with van der Waals surface area (Å²) in [6.45, 7) is 2.56. The van der Waals surface area contributed by atoms with Crippen molar-refractivity contribution in [3.8, 4) is 0 Å². The van der Waals surface area contributed by atoms with Crippen LogP contribution in [0.1, 0.15) is 10.7 Å². The van der Waals surface area contributed by atoms with Gasteiger partial charge in [0.25, 0.3) is 5.56 Å². The molecule has 2 heterocycles. The number of nitrogen functional groups attached to an aromatic ring is 1. The van der Waals surface area contributed by atoms with E-state index in [0.717, 1.165) is 10.7 Å². The minimum absolute atomic E-state index is 0.191. The van der Waals surface area contributed by atoms with Gasteiger partial charge in [-0.05, 0) is 25.1 Å². The maximum absolute atomic E-state index is 12.1. The lowest BCUT2D eigenvalue weighted by Crippen LogP contribution is -2.23. The molecule has 0 amide bonds. The Labute approximate surface area is 125 Å². The summed E-state index contributed by atoms with van der Waals surface area (Å²) in [7, 11) is 1.87.